The zero-order valence-electron chi connectivity index (χ0n) is 11.7. The minimum Gasteiger partial charge on any atom is -0.481 e. The van der Waals surface area contributed by atoms with Crippen molar-refractivity contribution in [3.8, 4) is 0 Å². The summed E-state index contributed by atoms with van der Waals surface area (Å²) in [7, 11) is 0. The van der Waals surface area contributed by atoms with Crippen LogP contribution in [0.5, 0.6) is 0 Å². The van der Waals surface area contributed by atoms with E-state index in [1.165, 1.54) is 0 Å². The van der Waals surface area contributed by atoms with Gasteiger partial charge in [-0.25, -0.2) is 0 Å². The van der Waals surface area contributed by atoms with Crippen LogP contribution < -0.4 is 5.32 Å². The molecular formula is C14H23NO3. The molecule has 2 atom stereocenters. The summed E-state index contributed by atoms with van der Waals surface area (Å²) in [4.78, 5) is 23.8. The predicted octanol–water partition coefficient (Wildman–Crippen LogP) is 2.21. The van der Waals surface area contributed by atoms with E-state index >= 15 is 0 Å². The molecule has 1 aliphatic rings. The van der Waals surface area contributed by atoms with Gasteiger partial charge in [-0.2, -0.15) is 0 Å². The molecule has 102 valence electrons. The number of carboxylic acid groups (broad SMARTS) is 1. The topological polar surface area (TPSA) is 66.4 Å². The van der Waals surface area contributed by atoms with Crippen molar-refractivity contribution < 1.29 is 14.7 Å². The Morgan fingerprint density at radius 2 is 1.72 bits per heavy atom. The fourth-order valence-corrected chi connectivity index (χ4v) is 2.87. The average molecular weight is 253 g/mol. The number of hydrogen-bond donors (Lipinski definition) is 2. The highest BCUT2D eigenvalue weighted by molar-refractivity contribution is 5.87. The number of hydrogen-bond acceptors (Lipinski definition) is 2. The first-order chi connectivity index (χ1) is 8.13. The first kappa shape index (κ1) is 14.7. The maximum atomic E-state index is 12.3. The summed E-state index contributed by atoms with van der Waals surface area (Å²) in [5, 5.41) is 12.2. The Balaban J connectivity index is 3.09. The van der Waals surface area contributed by atoms with Crippen LogP contribution in [0.1, 0.15) is 40.5 Å². The molecule has 2 unspecified atom stereocenters. The maximum Gasteiger partial charge on any atom is 0.309 e. The third-order valence-corrected chi connectivity index (χ3v) is 5.26. The summed E-state index contributed by atoms with van der Waals surface area (Å²) in [6.07, 6.45) is 2.73. The van der Waals surface area contributed by atoms with Gasteiger partial charge in [0.15, 0.2) is 0 Å². The second kappa shape index (κ2) is 4.41. The normalized spacial score (nSPS) is 34.0. The highest BCUT2D eigenvalue weighted by Crippen LogP contribution is 2.62. The number of amides is 1. The van der Waals surface area contributed by atoms with Gasteiger partial charge in [0.25, 0.3) is 0 Å². The molecule has 1 fully saturated rings. The molecule has 0 heterocycles. The van der Waals surface area contributed by atoms with Crippen molar-refractivity contribution in [2.45, 2.75) is 40.5 Å². The summed E-state index contributed by atoms with van der Waals surface area (Å²) >= 11 is 0. The van der Waals surface area contributed by atoms with Gasteiger partial charge in [0.1, 0.15) is 0 Å². The van der Waals surface area contributed by atoms with Gasteiger partial charge < -0.3 is 10.4 Å². The van der Waals surface area contributed by atoms with Crippen LogP contribution >= 0.6 is 0 Å². The van der Waals surface area contributed by atoms with Crippen molar-refractivity contribution in [1.82, 2.24) is 5.32 Å². The molecular weight excluding hydrogens is 230 g/mol. The second-order valence-electron chi connectivity index (χ2n) is 6.09. The van der Waals surface area contributed by atoms with Gasteiger partial charge in [-0.3, -0.25) is 9.59 Å². The number of aliphatic carboxylic acids is 1. The molecule has 0 aliphatic heterocycles. The predicted molar refractivity (Wildman–Crippen MR) is 70.1 cm³/mol. The van der Waals surface area contributed by atoms with E-state index in [1.54, 1.807) is 13.0 Å². The molecule has 0 aromatic heterocycles. The van der Waals surface area contributed by atoms with Gasteiger partial charge in [0.05, 0.1) is 10.8 Å². The van der Waals surface area contributed by atoms with E-state index in [4.69, 9.17) is 0 Å². The lowest BCUT2D eigenvalue weighted by molar-refractivity contribution is -0.158. The van der Waals surface area contributed by atoms with E-state index in [-0.39, 0.29) is 5.91 Å². The van der Waals surface area contributed by atoms with E-state index in [0.717, 1.165) is 0 Å². The number of carbonyl (C=O) groups is 2. The molecule has 0 spiro atoms. The molecule has 1 aliphatic carbocycles. The number of carbonyl (C=O) groups excluding carboxylic acids is 1. The lowest BCUT2D eigenvalue weighted by Crippen LogP contribution is -2.51. The number of rotatable bonds is 4. The minimum absolute atomic E-state index is 0.0858. The van der Waals surface area contributed by atoms with Gasteiger partial charge in [0.2, 0.25) is 5.91 Å². The van der Waals surface area contributed by atoms with Crippen LogP contribution in [-0.4, -0.2) is 23.5 Å². The van der Waals surface area contributed by atoms with Gasteiger partial charge in [0, 0.05) is 6.54 Å². The maximum absolute atomic E-state index is 12.3. The third-order valence-electron chi connectivity index (χ3n) is 5.26. The van der Waals surface area contributed by atoms with Crippen LogP contribution in [-0.2, 0) is 9.59 Å². The van der Waals surface area contributed by atoms with Crippen molar-refractivity contribution in [3.05, 3.63) is 12.7 Å². The summed E-state index contributed by atoms with van der Waals surface area (Å²) in [6.45, 7) is 11.3. The first-order valence-electron chi connectivity index (χ1n) is 6.26. The molecule has 0 aromatic carbocycles. The standard InChI is InChI=1S/C14H23NO3/c1-6-9-15-10(16)13(4)7-8-14(5,11(17)18)12(13,2)3/h6H,1,7-9H2,2-5H3,(H,15,16)(H,17,18). The molecule has 0 radical (unpaired) electrons. The van der Waals surface area contributed by atoms with Crippen LogP contribution in [0.2, 0.25) is 0 Å². The van der Waals surface area contributed by atoms with Crippen LogP contribution in [0.15, 0.2) is 12.7 Å². The van der Waals surface area contributed by atoms with Crippen LogP contribution in [0.3, 0.4) is 0 Å². The summed E-state index contributed by atoms with van der Waals surface area (Å²) < 4.78 is 0. The Morgan fingerprint density at radius 3 is 2.11 bits per heavy atom. The van der Waals surface area contributed by atoms with Gasteiger partial charge in [-0.1, -0.05) is 26.8 Å². The lowest BCUT2D eigenvalue weighted by atomic mass is 9.59. The highest BCUT2D eigenvalue weighted by atomic mass is 16.4. The Bertz CT molecular complexity index is 389. The van der Waals surface area contributed by atoms with Crippen molar-refractivity contribution in [2.24, 2.45) is 16.2 Å². The fraction of sp³-hybridized carbons (Fsp3) is 0.714. The van der Waals surface area contributed by atoms with Gasteiger partial charge >= 0.3 is 5.97 Å². The molecule has 0 aromatic rings. The van der Waals surface area contributed by atoms with Crippen molar-refractivity contribution in [2.75, 3.05) is 6.54 Å². The van der Waals surface area contributed by atoms with Crippen molar-refractivity contribution in [3.63, 3.8) is 0 Å². The Morgan fingerprint density at radius 1 is 1.22 bits per heavy atom. The van der Waals surface area contributed by atoms with Crippen LogP contribution in [0.25, 0.3) is 0 Å². The number of carboxylic acids is 1. The molecule has 4 heteroatoms. The lowest BCUT2D eigenvalue weighted by Gasteiger charge is -2.44. The Hall–Kier alpha value is -1.32. The van der Waals surface area contributed by atoms with E-state index in [2.05, 4.69) is 11.9 Å². The Kier molecular flexibility index (Phi) is 3.61. The third kappa shape index (κ3) is 1.74. The summed E-state index contributed by atoms with van der Waals surface area (Å²) in [5.41, 5.74) is -2.13. The molecule has 1 rings (SSSR count). The summed E-state index contributed by atoms with van der Waals surface area (Å²) in [6, 6.07) is 0. The van der Waals surface area contributed by atoms with E-state index < -0.39 is 22.2 Å². The molecule has 0 bridgehead atoms. The molecule has 1 amide bonds. The molecule has 1 saturated carbocycles. The molecule has 4 nitrogen and oxygen atoms in total. The molecule has 2 N–H and O–H groups in total. The monoisotopic (exact) mass is 253 g/mol. The van der Waals surface area contributed by atoms with Crippen molar-refractivity contribution in [1.29, 1.82) is 0 Å². The zero-order chi connectivity index (χ0) is 14.2. The first-order valence-corrected chi connectivity index (χ1v) is 6.26. The van der Waals surface area contributed by atoms with Gasteiger partial charge in [-0.15, -0.1) is 6.58 Å². The SMILES string of the molecule is C=CCNC(=O)C1(C)CCC(C)(C(=O)O)C1(C)C. The molecule has 18 heavy (non-hydrogen) atoms. The van der Waals surface area contributed by atoms with E-state index in [1.807, 2.05) is 20.8 Å². The molecule has 0 saturated heterocycles. The van der Waals surface area contributed by atoms with E-state index in [0.29, 0.717) is 19.4 Å². The quantitative estimate of drug-likeness (QED) is 0.755. The minimum atomic E-state index is -0.868. The average Bonchev–Trinajstić information content (AvgIpc) is 2.49. The van der Waals surface area contributed by atoms with Crippen molar-refractivity contribution >= 4 is 11.9 Å². The Labute approximate surface area is 108 Å². The van der Waals surface area contributed by atoms with E-state index in [9.17, 15) is 14.7 Å². The van der Waals surface area contributed by atoms with Crippen LogP contribution in [0, 0.1) is 16.2 Å². The summed E-state index contributed by atoms with van der Waals surface area (Å²) in [5.74, 6) is -0.912. The zero-order valence-corrected chi connectivity index (χ0v) is 11.7. The fourth-order valence-electron chi connectivity index (χ4n) is 2.87. The second-order valence-corrected chi connectivity index (χ2v) is 6.09. The largest absolute Gasteiger partial charge is 0.481 e. The highest BCUT2D eigenvalue weighted by Gasteiger charge is 2.64. The number of nitrogens with one attached hydrogen (secondary N) is 1. The van der Waals surface area contributed by atoms with Crippen LogP contribution in [0.4, 0.5) is 0 Å². The van der Waals surface area contributed by atoms with Gasteiger partial charge in [-0.05, 0) is 25.2 Å². The smallest absolute Gasteiger partial charge is 0.309 e.